The number of halogens is 2. The Morgan fingerprint density at radius 2 is 2.03 bits per heavy atom. The van der Waals surface area contributed by atoms with Crippen LogP contribution >= 0.6 is 11.6 Å². The molecule has 1 amide bonds. The van der Waals surface area contributed by atoms with Crippen LogP contribution in [0.15, 0.2) is 24.3 Å². The van der Waals surface area contributed by atoms with Crippen molar-refractivity contribution in [3.8, 4) is 5.69 Å². The number of piperazine rings is 1. The number of rotatable bonds is 9. The Morgan fingerprint density at radius 1 is 1.31 bits per heavy atom. The van der Waals surface area contributed by atoms with Crippen molar-refractivity contribution in [2.24, 2.45) is 0 Å². The molecule has 0 bridgehead atoms. The molecule has 2 aromatic rings. The second kappa shape index (κ2) is 11.1. The zero-order chi connectivity index (χ0) is 23.3. The van der Waals surface area contributed by atoms with Gasteiger partial charge < -0.3 is 19.4 Å². The number of nitrogens with zero attached hydrogens (tertiary/aromatic N) is 5. The number of hydrogen-bond acceptors (Lipinski definition) is 5. The molecule has 0 aliphatic carbocycles. The monoisotopic (exact) mass is 465 g/mol. The molecule has 3 rings (SSSR count). The predicted molar refractivity (Wildman–Crippen MR) is 125 cm³/mol. The lowest BCUT2D eigenvalue weighted by atomic mass is 10.1. The van der Waals surface area contributed by atoms with Gasteiger partial charge in [0, 0.05) is 52.0 Å². The molecule has 9 heteroatoms. The lowest BCUT2D eigenvalue weighted by molar-refractivity contribution is -0.131. The second-order valence-electron chi connectivity index (χ2n) is 8.29. The molecule has 0 N–H and O–H groups in total. The van der Waals surface area contributed by atoms with Gasteiger partial charge in [0.05, 0.1) is 17.9 Å². The van der Waals surface area contributed by atoms with Gasteiger partial charge in [-0.25, -0.2) is 9.07 Å². The van der Waals surface area contributed by atoms with Gasteiger partial charge in [0.15, 0.2) is 0 Å². The Balaban J connectivity index is 2.02. The van der Waals surface area contributed by atoms with Gasteiger partial charge in [0.25, 0.3) is 0 Å². The molecule has 1 unspecified atom stereocenters. The van der Waals surface area contributed by atoms with Gasteiger partial charge >= 0.3 is 0 Å². The fourth-order valence-corrected chi connectivity index (χ4v) is 4.11. The first-order chi connectivity index (χ1) is 15.3. The highest BCUT2D eigenvalue weighted by Gasteiger charge is 2.28. The molecule has 0 spiro atoms. The molecule has 0 radical (unpaired) electrons. The number of anilines is 1. The minimum Gasteiger partial charge on any atom is -0.385 e. The first-order valence-electron chi connectivity index (χ1n) is 11.0. The Labute approximate surface area is 194 Å². The maximum absolute atomic E-state index is 14.0. The number of amides is 1. The number of likely N-dealkylation sites (N-methyl/N-ethyl adjacent to an activating group) is 1. The van der Waals surface area contributed by atoms with Crippen molar-refractivity contribution in [2.45, 2.75) is 32.2 Å². The van der Waals surface area contributed by atoms with Crippen LogP contribution in [0.3, 0.4) is 0 Å². The summed E-state index contributed by atoms with van der Waals surface area (Å²) in [6, 6.07) is 6.44. The fraction of sp³-hybridized carbons (Fsp3) is 0.565. The minimum absolute atomic E-state index is 0.120. The summed E-state index contributed by atoms with van der Waals surface area (Å²) >= 11 is 6.16. The molecule has 1 saturated heterocycles. The van der Waals surface area contributed by atoms with Crippen molar-refractivity contribution in [2.75, 3.05) is 58.4 Å². The average molecular weight is 466 g/mol. The predicted octanol–water partition coefficient (Wildman–Crippen LogP) is 3.06. The van der Waals surface area contributed by atoms with Crippen LogP contribution in [0.4, 0.5) is 10.2 Å². The normalized spacial score (nSPS) is 15.8. The summed E-state index contributed by atoms with van der Waals surface area (Å²) in [4.78, 5) is 19.2. The van der Waals surface area contributed by atoms with Crippen LogP contribution in [0.1, 0.15) is 24.6 Å². The highest BCUT2D eigenvalue weighted by molar-refractivity contribution is 6.30. The number of hydrogen-bond donors (Lipinski definition) is 0. The van der Waals surface area contributed by atoms with Gasteiger partial charge in [-0.1, -0.05) is 6.07 Å². The second-order valence-corrected chi connectivity index (χ2v) is 8.95. The summed E-state index contributed by atoms with van der Waals surface area (Å²) < 4.78 is 21.0. The summed E-state index contributed by atoms with van der Waals surface area (Å²) in [5.74, 6) is 0.479. The summed E-state index contributed by atoms with van der Waals surface area (Å²) in [5, 5.41) is 4.15. The van der Waals surface area contributed by atoms with Crippen LogP contribution in [-0.4, -0.2) is 84.4 Å². The van der Waals surface area contributed by atoms with E-state index in [1.807, 2.05) is 13.0 Å². The Morgan fingerprint density at radius 3 is 2.66 bits per heavy atom. The molecule has 1 aromatic heterocycles. The van der Waals surface area contributed by atoms with Gasteiger partial charge in [-0.3, -0.25) is 4.79 Å². The smallest absolute Gasteiger partial charge is 0.240 e. The van der Waals surface area contributed by atoms with E-state index in [9.17, 15) is 9.18 Å². The summed E-state index contributed by atoms with van der Waals surface area (Å²) in [5.41, 5.74) is 2.44. The van der Waals surface area contributed by atoms with E-state index in [2.05, 4.69) is 16.8 Å². The van der Waals surface area contributed by atoms with Crippen LogP contribution in [-0.2, 0) is 16.1 Å². The SMILES string of the molecule is COCCCN(Cc1c(C)nn(-c2cccc(F)c2)c1N1CCN(C)CC1)C(=O)C(C)Cl. The highest BCUT2D eigenvalue weighted by atomic mass is 35.5. The quantitative estimate of drug-likeness (QED) is 0.421. The Bertz CT molecular complexity index is 912. The number of aromatic nitrogens is 2. The first kappa shape index (κ1) is 24.5. The van der Waals surface area contributed by atoms with Crippen LogP contribution in [0.25, 0.3) is 5.69 Å². The Kier molecular flexibility index (Phi) is 8.51. The van der Waals surface area contributed by atoms with Gasteiger partial charge in [-0.2, -0.15) is 5.10 Å². The van der Waals surface area contributed by atoms with Gasteiger partial charge in [0.1, 0.15) is 17.0 Å². The van der Waals surface area contributed by atoms with Crippen molar-refractivity contribution >= 4 is 23.3 Å². The molecule has 2 heterocycles. The van der Waals surface area contributed by atoms with Gasteiger partial charge in [-0.15, -0.1) is 11.6 Å². The molecule has 7 nitrogen and oxygen atoms in total. The first-order valence-corrected chi connectivity index (χ1v) is 11.4. The van der Waals surface area contributed by atoms with Crippen LogP contribution in [0, 0.1) is 12.7 Å². The summed E-state index contributed by atoms with van der Waals surface area (Å²) in [6.45, 7) is 8.61. The third kappa shape index (κ3) is 5.79. The molecule has 1 aliphatic heterocycles. The van der Waals surface area contributed by atoms with E-state index < -0.39 is 5.38 Å². The van der Waals surface area contributed by atoms with E-state index >= 15 is 0 Å². The molecule has 1 aromatic carbocycles. The molecule has 32 heavy (non-hydrogen) atoms. The summed E-state index contributed by atoms with van der Waals surface area (Å²) in [7, 11) is 3.75. The number of methoxy groups -OCH3 is 1. The van der Waals surface area contributed by atoms with E-state index in [1.165, 1.54) is 12.1 Å². The van der Waals surface area contributed by atoms with Crippen LogP contribution in [0.2, 0.25) is 0 Å². The molecular formula is C23H33ClFN5O2. The molecule has 1 aliphatic rings. The molecule has 0 saturated carbocycles. The van der Waals surface area contributed by atoms with Crippen LogP contribution in [0.5, 0.6) is 0 Å². The molecular weight excluding hydrogens is 433 g/mol. The lowest BCUT2D eigenvalue weighted by Crippen LogP contribution is -2.46. The topological polar surface area (TPSA) is 53.8 Å². The third-order valence-electron chi connectivity index (χ3n) is 5.79. The maximum atomic E-state index is 14.0. The lowest BCUT2D eigenvalue weighted by Gasteiger charge is -2.35. The van der Waals surface area contributed by atoms with E-state index in [0.29, 0.717) is 31.8 Å². The largest absolute Gasteiger partial charge is 0.385 e. The zero-order valence-electron chi connectivity index (χ0n) is 19.4. The highest BCUT2D eigenvalue weighted by Crippen LogP contribution is 2.30. The molecule has 1 atom stereocenters. The number of aryl methyl sites for hydroxylation is 1. The van der Waals surface area contributed by atoms with Crippen molar-refractivity contribution in [1.29, 1.82) is 0 Å². The van der Waals surface area contributed by atoms with E-state index in [0.717, 1.165) is 43.3 Å². The number of benzene rings is 1. The van der Waals surface area contributed by atoms with E-state index in [4.69, 9.17) is 21.4 Å². The van der Waals surface area contributed by atoms with Gasteiger partial charge in [0.2, 0.25) is 5.91 Å². The Hall–Kier alpha value is -2.16. The summed E-state index contributed by atoms with van der Waals surface area (Å²) in [6.07, 6.45) is 0.715. The number of carbonyl (C=O) groups excluding carboxylic acids is 1. The van der Waals surface area contributed by atoms with Crippen molar-refractivity contribution in [3.63, 3.8) is 0 Å². The van der Waals surface area contributed by atoms with Crippen molar-refractivity contribution in [3.05, 3.63) is 41.3 Å². The van der Waals surface area contributed by atoms with Crippen molar-refractivity contribution < 1.29 is 13.9 Å². The average Bonchev–Trinajstić information content (AvgIpc) is 3.09. The number of carbonyl (C=O) groups is 1. The zero-order valence-corrected chi connectivity index (χ0v) is 20.1. The number of ether oxygens (including phenoxy) is 1. The van der Waals surface area contributed by atoms with Crippen LogP contribution < -0.4 is 4.90 Å². The molecule has 176 valence electrons. The van der Waals surface area contributed by atoms with E-state index in [-0.39, 0.29) is 11.7 Å². The third-order valence-corrected chi connectivity index (χ3v) is 5.98. The van der Waals surface area contributed by atoms with Gasteiger partial charge in [-0.05, 0) is 45.5 Å². The fourth-order valence-electron chi connectivity index (χ4n) is 3.97. The number of alkyl halides is 1. The van der Waals surface area contributed by atoms with E-state index in [1.54, 1.807) is 29.7 Å². The van der Waals surface area contributed by atoms with Crippen molar-refractivity contribution in [1.82, 2.24) is 19.6 Å². The minimum atomic E-state index is -0.622. The maximum Gasteiger partial charge on any atom is 0.240 e. The molecule has 1 fully saturated rings. The standard InChI is InChI=1S/C23H33ClFN5O2/c1-17(24)23(31)29(9-6-14-32-4)16-21-18(2)26-30(20-8-5-7-19(25)15-20)22(21)28-12-10-27(3)11-13-28/h5,7-8,15,17H,6,9-14,16H2,1-4H3.